The first-order valence-corrected chi connectivity index (χ1v) is 9.70. The van der Waals surface area contributed by atoms with E-state index in [9.17, 15) is 4.79 Å². The van der Waals surface area contributed by atoms with Gasteiger partial charge in [0.2, 0.25) is 0 Å². The van der Waals surface area contributed by atoms with Gasteiger partial charge in [-0.15, -0.1) is 0 Å². The molecule has 30 heavy (non-hydrogen) atoms. The number of hydrogen-bond donors (Lipinski definition) is 3. The van der Waals surface area contributed by atoms with E-state index in [1.165, 1.54) is 11.1 Å². The molecule has 150 valence electrons. The predicted octanol–water partition coefficient (Wildman–Crippen LogP) is 4.52. The highest BCUT2D eigenvalue weighted by molar-refractivity contribution is 5.90. The summed E-state index contributed by atoms with van der Waals surface area (Å²) in [6, 6.07) is 20.4. The summed E-state index contributed by atoms with van der Waals surface area (Å²) in [7, 11) is 0. The van der Waals surface area contributed by atoms with E-state index in [2.05, 4.69) is 45.7 Å². The molecular formula is C24H22N4O2. The number of carboxylic acid groups (broad SMARTS) is 1. The number of aliphatic carboxylic acids is 1. The van der Waals surface area contributed by atoms with Gasteiger partial charge in [0.05, 0.1) is 6.54 Å². The molecule has 0 atom stereocenters. The third-order valence-electron chi connectivity index (χ3n) is 4.93. The quantitative estimate of drug-likeness (QED) is 0.424. The Bertz CT molecular complexity index is 1190. The van der Waals surface area contributed by atoms with Crippen LogP contribution in [0.15, 0.2) is 73.1 Å². The van der Waals surface area contributed by atoms with E-state index in [0.717, 1.165) is 27.7 Å². The van der Waals surface area contributed by atoms with Crippen molar-refractivity contribution in [1.82, 2.24) is 15.3 Å². The number of benzene rings is 2. The van der Waals surface area contributed by atoms with E-state index in [0.29, 0.717) is 12.4 Å². The van der Waals surface area contributed by atoms with Crippen LogP contribution in [-0.4, -0.2) is 27.6 Å². The number of nitrogens with zero attached hydrogens (tertiary/aromatic N) is 2. The van der Waals surface area contributed by atoms with Gasteiger partial charge in [-0.25, -0.2) is 4.98 Å². The summed E-state index contributed by atoms with van der Waals surface area (Å²) in [6.07, 6.45) is 3.49. The van der Waals surface area contributed by atoms with Gasteiger partial charge in [0.1, 0.15) is 5.52 Å². The van der Waals surface area contributed by atoms with Crippen LogP contribution in [0.5, 0.6) is 0 Å². The molecule has 6 nitrogen and oxygen atoms in total. The minimum Gasteiger partial charge on any atom is -0.480 e. The minimum absolute atomic E-state index is 0.0851. The molecule has 2 aromatic heterocycles. The van der Waals surface area contributed by atoms with Crippen molar-refractivity contribution in [3.8, 4) is 11.1 Å². The number of pyridine rings is 2. The van der Waals surface area contributed by atoms with E-state index in [-0.39, 0.29) is 6.54 Å². The molecule has 0 bridgehead atoms. The lowest BCUT2D eigenvalue weighted by molar-refractivity contribution is -0.135. The van der Waals surface area contributed by atoms with Crippen molar-refractivity contribution in [2.75, 3.05) is 11.9 Å². The maximum Gasteiger partial charge on any atom is 0.317 e. The molecule has 2 heterocycles. The molecule has 0 saturated carbocycles. The number of fused-ring (bicyclic) bond motifs is 1. The van der Waals surface area contributed by atoms with E-state index < -0.39 is 5.97 Å². The standard InChI is InChI=1S/C24H22N4O2/c1-16-20(18-6-3-2-4-7-18)8-5-9-21(16)28-24-23-19(10-11-26-24)12-17(14-27-23)13-25-15-22(29)30/h2-12,14,25H,13,15H2,1H3,(H,26,28)(H,29,30). The zero-order valence-electron chi connectivity index (χ0n) is 16.6. The van der Waals surface area contributed by atoms with Crippen LogP contribution in [0, 0.1) is 6.92 Å². The third kappa shape index (κ3) is 4.29. The SMILES string of the molecule is Cc1c(Nc2nccc3cc(CNCC(=O)O)cnc23)cccc1-c1ccccc1. The summed E-state index contributed by atoms with van der Waals surface area (Å²) in [5.74, 6) is -0.196. The summed E-state index contributed by atoms with van der Waals surface area (Å²) < 4.78 is 0. The molecule has 0 unspecified atom stereocenters. The maximum absolute atomic E-state index is 10.7. The number of rotatable bonds is 7. The zero-order valence-corrected chi connectivity index (χ0v) is 16.6. The molecule has 0 aliphatic carbocycles. The Labute approximate surface area is 174 Å². The van der Waals surface area contributed by atoms with E-state index >= 15 is 0 Å². The topological polar surface area (TPSA) is 87.1 Å². The van der Waals surface area contributed by atoms with Crippen LogP contribution in [0.4, 0.5) is 11.5 Å². The highest BCUT2D eigenvalue weighted by atomic mass is 16.4. The Balaban J connectivity index is 1.62. The van der Waals surface area contributed by atoms with Gasteiger partial charge < -0.3 is 15.7 Å². The molecule has 2 aromatic carbocycles. The van der Waals surface area contributed by atoms with Crippen LogP contribution in [0.3, 0.4) is 0 Å². The van der Waals surface area contributed by atoms with Crippen LogP contribution in [0.1, 0.15) is 11.1 Å². The molecule has 0 amide bonds. The lowest BCUT2D eigenvalue weighted by atomic mass is 9.99. The van der Waals surface area contributed by atoms with Gasteiger partial charge in [0.25, 0.3) is 0 Å². The molecule has 0 aliphatic heterocycles. The second kappa shape index (κ2) is 8.71. The number of carbonyl (C=O) groups is 1. The molecule has 6 heteroatoms. The average molecular weight is 398 g/mol. The van der Waals surface area contributed by atoms with Crippen LogP contribution in [0.25, 0.3) is 22.0 Å². The second-order valence-corrected chi connectivity index (χ2v) is 7.04. The van der Waals surface area contributed by atoms with Crippen molar-refractivity contribution in [3.05, 3.63) is 84.2 Å². The normalized spacial score (nSPS) is 10.8. The van der Waals surface area contributed by atoms with Crippen molar-refractivity contribution >= 4 is 28.4 Å². The summed E-state index contributed by atoms with van der Waals surface area (Å²) in [5.41, 5.74) is 6.14. The van der Waals surface area contributed by atoms with E-state index in [1.807, 2.05) is 42.5 Å². The van der Waals surface area contributed by atoms with Crippen LogP contribution >= 0.6 is 0 Å². The molecule has 3 N–H and O–H groups in total. The highest BCUT2D eigenvalue weighted by Gasteiger charge is 2.10. The first kappa shape index (κ1) is 19.5. The fraction of sp³-hybridized carbons (Fsp3) is 0.125. The lowest BCUT2D eigenvalue weighted by Crippen LogP contribution is -2.21. The predicted molar refractivity (Wildman–Crippen MR) is 119 cm³/mol. The number of nitrogens with one attached hydrogen (secondary N) is 2. The zero-order chi connectivity index (χ0) is 20.9. The van der Waals surface area contributed by atoms with Crippen LogP contribution < -0.4 is 10.6 Å². The van der Waals surface area contributed by atoms with Gasteiger partial charge in [0, 0.05) is 30.0 Å². The molecule has 4 aromatic rings. The van der Waals surface area contributed by atoms with Crippen molar-refractivity contribution in [1.29, 1.82) is 0 Å². The van der Waals surface area contributed by atoms with Crippen molar-refractivity contribution in [3.63, 3.8) is 0 Å². The van der Waals surface area contributed by atoms with E-state index in [1.54, 1.807) is 12.4 Å². The second-order valence-electron chi connectivity index (χ2n) is 7.04. The fourth-order valence-electron chi connectivity index (χ4n) is 3.44. The molecule has 0 spiro atoms. The Hall–Kier alpha value is -3.77. The fourth-order valence-corrected chi connectivity index (χ4v) is 3.44. The number of aromatic nitrogens is 2. The molecule has 0 saturated heterocycles. The lowest BCUT2D eigenvalue weighted by Gasteiger charge is -2.14. The first-order chi connectivity index (χ1) is 14.6. The van der Waals surface area contributed by atoms with Crippen LogP contribution in [0.2, 0.25) is 0 Å². The smallest absolute Gasteiger partial charge is 0.317 e. The van der Waals surface area contributed by atoms with Crippen molar-refractivity contribution in [2.45, 2.75) is 13.5 Å². The van der Waals surface area contributed by atoms with Gasteiger partial charge in [-0.1, -0.05) is 42.5 Å². The van der Waals surface area contributed by atoms with E-state index in [4.69, 9.17) is 5.11 Å². The Morgan fingerprint density at radius 3 is 2.67 bits per heavy atom. The number of anilines is 2. The summed E-state index contributed by atoms with van der Waals surface area (Å²) >= 11 is 0. The summed E-state index contributed by atoms with van der Waals surface area (Å²) in [4.78, 5) is 19.7. The van der Waals surface area contributed by atoms with Gasteiger partial charge in [-0.3, -0.25) is 9.78 Å². The maximum atomic E-state index is 10.7. The number of hydrogen-bond acceptors (Lipinski definition) is 5. The average Bonchev–Trinajstić information content (AvgIpc) is 2.75. The van der Waals surface area contributed by atoms with Crippen molar-refractivity contribution in [2.24, 2.45) is 0 Å². The van der Waals surface area contributed by atoms with Gasteiger partial charge in [-0.05, 0) is 47.4 Å². The monoisotopic (exact) mass is 398 g/mol. The van der Waals surface area contributed by atoms with Crippen molar-refractivity contribution < 1.29 is 9.90 Å². The summed E-state index contributed by atoms with van der Waals surface area (Å²) in [5, 5.41) is 16.0. The Kier molecular flexibility index (Phi) is 5.68. The highest BCUT2D eigenvalue weighted by Crippen LogP contribution is 2.31. The first-order valence-electron chi connectivity index (χ1n) is 9.70. The Morgan fingerprint density at radius 1 is 1.03 bits per heavy atom. The third-order valence-corrected chi connectivity index (χ3v) is 4.93. The minimum atomic E-state index is -0.882. The van der Waals surface area contributed by atoms with Gasteiger partial charge in [-0.2, -0.15) is 0 Å². The molecule has 4 rings (SSSR count). The van der Waals surface area contributed by atoms with Gasteiger partial charge in [0.15, 0.2) is 5.82 Å². The molecule has 0 aliphatic rings. The summed E-state index contributed by atoms with van der Waals surface area (Å²) in [6.45, 7) is 2.45. The van der Waals surface area contributed by atoms with Gasteiger partial charge >= 0.3 is 5.97 Å². The molecular weight excluding hydrogens is 376 g/mol. The molecule has 0 fully saturated rings. The largest absolute Gasteiger partial charge is 0.480 e. The molecule has 0 radical (unpaired) electrons. The number of carboxylic acids is 1. The Morgan fingerprint density at radius 2 is 1.87 bits per heavy atom. The van der Waals surface area contributed by atoms with Crippen LogP contribution in [-0.2, 0) is 11.3 Å².